The zero-order valence-corrected chi connectivity index (χ0v) is 11.1. The average Bonchev–Trinajstić information content (AvgIpc) is 2.15. The largest absolute Gasteiger partial charge is 0.481 e. The number of thioether (sulfide) groups is 1. The van der Waals surface area contributed by atoms with Gasteiger partial charge in [0, 0.05) is 11.3 Å². The molecule has 0 aromatic carbocycles. The molecule has 3 unspecified atom stereocenters. The normalized spacial score (nSPS) is 16.2. The SMILES string of the molecule is CCC(C)NC(=O)C(C)SC(C)CC(=O)O. The summed E-state index contributed by atoms with van der Waals surface area (Å²) in [5, 5.41) is 11.2. The van der Waals surface area contributed by atoms with Crippen molar-refractivity contribution in [3.8, 4) is 0 Å². The number of aliphatic carboxylic acids is 1. The molecular weight excluding hydrogens is 226 g/mol. The molecule has 0 rings (SSSR count). The Morgan fingerprint density at radius 1 is 1.31 bits per heavy atom. The average molecular weight is 247 g/mol. The molecule has 0 heterocycles. The Hall–Kier alpha value is -0.710. The number of carboxylic acids is 1. The van der Waals surface area contributed by atoms with Gasteiger partial charge in [-0.05, 0) is 20.3 Å². The molecular formula is C11H21NO3S. The molecule has 0 aliphatic carbocycles. The van der Waals surface area contributed by atoms with Gasteiger partial charge in [0.15, 0.2) is 0 Å². The Morgan fingerprint density at radius 3 is 2.31 bits per heavy atom. The first-order valence-corrected chi connectivity index (χ1v) is 6.48. The summed E-state index contributed by atoms with van der Waals surface area (Å²) in [7, 11) is 0. The summed E-state index contributed by atoms with van der Waals surface area (Å²) in [5.74, 6) is -0.842. The summed E-state index contributed by atoms with van der Waals surface area (Å²) >= 11 is 1.40. The summed E-state index contributed by atoms with van der Waals surface area (Å²) in [6, 6.07) is 0.172. The van der Waals surface area contributed by atoms with Crippen molar-refractivity contribution in [2.24, 2.45) is 0 Å². The molecule has 0 saturated heterocycles. The van der Waals surface area contributed by atoms with Gasteiger partial charge >= 0.3 is 5.97 Å². The van der Waals surface area contributed by atoms with Gasteiger partial charge in [0.05, 0.1) is 11.7 Å². The van der Waals surface area contributed by atoms with Gasteiger partial charge in [-0.25, -0.2) is 0 Å². The molecule has 0 fully saturated rings. The van der Waals surface area contributed by atoms with E-state index >= 15 is 0 Å². The second-order valence-corrected chi connectivity index (χ2v) is 5.79. The zero-order chi connectivity index (χ0) is 12.7. The van der Waals surface area contributed by atoms with Gasteiger partial charge in [-0.3, -0.25) is 9.59 Å². The van der Waals surface area contributed by atoms with E-state index in [1.807, 2.05) is 20.8 Å². The minimum Gasteiger partial charge on any atom is -0.481 e. The fourth-order valence-electron chi connectivity index (χ4n) is 1.17. The van der Waals surface area contributed by atoms with Crippen LogP contribution in [0.15, 0.2) is 0 Å². The van der Waals surface area contributed by atoms with E-state index in [1.165, 1.54) is 11.8 Å². The third kappa shape index (κ3) is 6.71. The Bertz CT molecular complexity index is 245. The fourth-order valence-corrected chi connectivity index (χ4v) is 2.29. The van der Waals surface area contributed by atoms with Crippen LogP contribution in [-0.2, 0) is 9.59 Å². The highest BCUT2D eigenvalue weighted by molar-refractivity contribution is 8.01. The van der Waals surface area contributed by atoms with Crippen molar-refractivity contribution < 1.29 is 14.7 Å². The smallest absolute Gasteiger partial charge is 0.304 e. The van der Waals surface area contributed by atoms with Crippen molar-refractivity contribution in [2.75, 3.05) is 0 Å². The Kier molecular flexibility index (Phi) is 7.21. The first-order valence-electron chi connectivity index (χ1n) is 5.54. The molecule has 0 radical (unpaired) electrons. The Morgan fingerprint density at radius 2 is 1.88 bits per heavy atom. The zero-order valence-electron chi connectivity index (χ0n) is 10.3. The summed E-state index contributed by atoms with van der Waals surface area (Å²) in [5.41, 5.74) is 0. The predicted molar refractivity (Wildman–Crippen MR) is 66.7 cm³/mol. The predicted octanol–water partition coefficient (Wildman–Crippen LogP) is 1.89. The maximum absolute atomic E-state index is 11.7. The van der Waals surface area contributed by atoms with Gasteiger partial charge in [0.1, 0.15) is 0 Å². The van der Waals surface area contributed by atoms with Crippen LogP contribution in [0, 0.1) is 0 Å². The number of amides is 1. The van der Waals surface area contributed by atoms with E-state index in [0.717, 1.165) is 6.42 Å². The monoisotopic (exact) mass is 247 g/mol. The molecule has 0 saturated carbocycles. The van der Waals surface area contributed by atoms with Crippen LogP contribution in [0.3, 0.4) is 0 Å². The first kappa shape index (κ1) is 15.3. The van der Waals surface area contributed by atoms with Crippen LogP contribution in [0.5, 0.6) is 0 Å². The van der Waals surface area contributed by atoms with E-state index in [9.17, 15) is 9.59 Å². The molecule has 0 spiro atoms. The summed E-state index contributed by atoms with van der Waals surface area (Å²) in [4.78, 5) is 22.1. The molecule has 0 bridgehead atoms. The number of nitrogens with one attached hydrogen (secondary N) is 1. The highest BCUT2D eigenvalue weighted by atomic mass is 32.2. The van der Waals surface area contributed by atoms with E-state index in [4.69, 9.17) is 5.11 Å². The van der Waals surface area contributed by atoms with Gasteiger partial charge in [-0.1, -0.05) is 13.8 Å². The third-order valence-electron chi connectivity index (χ3n) is 2.27. The number of hydrogen-bond donors (Lipinski definition) is 2. The Labute approximate surface area is 101 Å². The molecule has 0 aromatic rings. The van der Waals surface area contributed by atoms with Crippen molar-refractivity contribution in [3.63, 3.8) is 0 Å². The van der Waals surface area contributed by atoms with Crippen LogP contribution >= 0.6 is 11.8 Å². The first-order chi connectivity index (χ1) is 7.36. The van der Waals surface area contributed by atoms with Crippen LogP contribution in [0.1, 0.15) is 40.5 Å². The maximum atomic E-state index is 11.7. The molecule has 2 N–H and O–H groups in total. The number of carbonyl (C=O) groups is 2. The quantitative estimate of drug-likeness (QED) is 0.721. The molecule has 94 valence electrons. The van der Waals surface area contributed by atoms with Gasteiger partial charge in [0.2, 0.25) is 5.91 Å². The fraction of sp³-hybridized carbons (Fsp3) is 0.818. The minimum absolute atomic E-state index is 0.0170. The molecule has 4 nitrogen and oxygen atoms in total. The summed E-state index contributed by atoms with van der Waals surface area (Å²) in [6.07, 6.45) is 0.986. The second kappa shape index (κ2) is 7.54. The molecule has 3 atom stereocenters. The van der Waals surface area contributed by atoms with E-state index < -0.39 is 5.97 Å². The van der Waals surface area contributed by atoms with Gasteiger partial charge in [0.25, 0.3) is 0 Å². The van der Waals surface area contributed by atoms with E-state index in [2.05, 4.69) is 5.32 Å². The van der Waals surface area contributed by atoms with Crippen LogP contribution in [0.4, 0.5) is 0 Å². The third-order valence-corrected chi connectivity index (χ3v) is 3.52. The molecule has 0 aliphatic rings. The van der Waals surface area contributed by atoms with Crippen molar-refractivity contribution >= 4 is 23.6 Å². The lowest BCUT2D eigenvalue weighted by Gasteiger charge is -2.18. The van der Waals surface area contributed by atoms with Gasteiger partial charge in [-0.15, -0.1) is 11.8 Å². The number of carbonyl (C=O) groups excluding carboxylic acids is 1. The lowest BCUT2D eigenvalue weighted by Crippen LogP contribution is -2.37. The standard InChI is InChI=1S/C11H21NO3S/c1-5-7(2)12-11(15)9(4)16-8(3)6-10(13)14/h7-9H,5-6H2,1-4H3,(H,12,15)(H,13,14). The van der Waals surface area contributed by atoms with Crippen LogP contribution in [-0.4, -0.2) is 33.5 Å². The summed E-state index contributed by atoms with van der Waals surface area (Å²) in [6.45, 7) is 7.60. The molecule has 5 heteroatoms. The van der Waals surface area contributed by atoms with E-state index in [0.29, 0.717) is 0 Å². The van der Waals surface area contributed by atoms with Crippen molar-refractivity contribution in [3.05, 3.63) is 0 Å². The van der Waals surface area contributed by atoms with Crippen molar-refractivity contribution in [1.82, 2.24) is 5.32 Å². The number of rotatable bonds is 7. The Balaban J connectivity index is 3.99. The minimum atomic E-state index is -0.825. The second-order valence-electron chi connectivity index (χ2n) is 4.00. The van der Waals surface area contributed by atoms with Crippen LogP contribution in [0.2, 0.25) is 0 Å². The number of hydrogen-bond acceptors (Lipinski definition) is 3. The van der Waals surface area contributed by atoms with Gasteiger partial charge < -0.3 is 10.4 Å². The van der Waals surface area contributed by atoms with E-state index in [1.54, 1.807) is 6.92 Å². The highest BCUT2D eigenvalue weighted by Crippen LogP contribution is 2.20. The van der Waals surface area contributed by atoms with Crippen molar-refractivity contribution in [1.29, 1.82) is 0 Å². The summed E-state index contributed by atoms with van der Waals surface area (Å²) < 4.78 is 0. The highest BCUT2D eigenvalue weighted by Gasteiger charge is 2.19. The topological polar surface area (TPSA) is 66.4 Å². The molecule has 0 aliphatic heterocycles. The molecule has 0 aromatic heterocycles. The lowest BCUT2D eigenvalue weighted by molar-refractivity contribution is -0.137. The number of carboxylic acid groups (broad SMARTS) is 1. The lowest BCUT2D eigenvalue weighted by atomic mass is 10.2. The molecule has 1 amide bonds. The van der Waals surface area contributed by atoms with Gasteiger partial charge in [-0.2, -0.15) is 0 Å². The van der Waals surface area contributed by atoms with Crippen LogP contribution in [0.25, 0.3) is 0 Å². The van der Waals surface area contributed by atoms with Crippen LogP contribution < -0.4 is 5.32 Å². The van der Waals surface area contributed by atoms with E-state index in [-0.39, 0.29) is 28.9 Å². The van der Waals surface area contributed by atoms with Crippen molar-refractivity contribution in [2.45, 2.75) is 57.1 Å². The maximum Gasteiger partial charge on any atom is 0.304 e. The molecule has 16 heavy (non-hydrogen) atoms.